The van der Waals surface area contributed by atoms with Crippen molar-refractivity contribution in [2.75, 3.05) is 45.3 Å². The van der Waals surface area contributed by atoms with E-state index >= 15 is 0 Å². The summed E-state index contributed by atoms with van der Waals surface area (Å²) < 4.78 is 51.8. The van der Waals surface area contributed by atoms with Gasteiger partial charge in [-0.1, -0.05) is 12.1 Å². The molecule has 37 heavy (non-hydrogen) atoms. The number of nitrogens with zero attached hydrogens (tertiary/aromatic N) is 3. The zero-order chi connectivity index (χ0) is 26.0. The van der Waals surface area contributed by atoms with Crippen molar-refractivity contribution in [2.45, 2.75) is 30.9 Å². The van der Waals surface area contributed by atoms with E-state index in [-0.39, 0.29) is 11.1 Å². The number of benzene rings is 2. The summed E-state index contributed by atoms with van der Waals surface area (Å²) >= 11 is 0. The molecule has 3 aromatic rings. The molecule has 0 bridgehead atoms. The highest BCUT2D eigenvalue weighted by Gasteiger charge is 2.44. The van der Waals surface area contributed by atoms with Crippen LogP contribution < -0.4 is 10.1 Å². The lowest BCUT2D eigenvalue weighted by Crippen LogP contribution is -2.37. The third-order valence-corrected chi connectivity index (χ3v) is 7.17. The Morgan fingerprint density at radius 3 is 2.35 bits per heavy atom. The van der Waals surface area contributed by atoms with Crippen molar-refractivity contribution in [3.05, 3.63) is 71.5 Å². The molecule has 2 aliphatic rings. The Labute approximate surface area is 213 Å². The first kappa shape index (κ1) is 25.3. The zero-order valence-corrected chi connectivity index (χ0v) is 20.6. The third-order valence-electron chi connectivity index (χ3n) is 7.17. The molecule has 1 aliphatic carbocycles. The van der Waals surface area contributed by atoms with Gasteiger partial charge in [0.05, 0.1) is 26.0 Å². The Balaban J connectivity index is 1.30. The van der Waals surface area contributed by atoms with Gasteiger partial charge in [0.15, 0.2) is 5.69 Å². The molecule has 2 fully saturated rings. The number of anilines is 1. The number of aromatic nitrogens is 2. The van der Waals surface area contributed by atoms with Crippen molar-refractivity contribution in [3.63, 3.8) is 0 Å². The van der Waals surface area contributed by atoms with Gasteiger partial charge < -0.3 is 14.8 Å². The van der Waals surface area contributed by atoms with Crippen LogP contribution in [0.15, 0.2) is 54.6 Å². The molecular formula is C27H29F3N4O3. The summed E-state index contributed by atoms with van der Waals surface area (Å²) in [6.45, 7) is 4.51. The molecule has 1 saturated carbocycles. The summed E-state index contributed by atoms with van der Waals surface area (Å²) in [5, 5.41) is 6.39. The average Bonchev–Trinajstić information content (AvgIpc) is 3.55. The van der Waals surface area contributed by atoms with Crippen molar-refractivity contribution >= 4 is 11.6 Å². The number of alkyl halides is 3. The van der Waals surface area contributed by atoms with Crippen LogP contribution in [0.25, 0.3) is 5.69 Å². The van der Waals surface area contributed by atoms with Crippen LogP contribution in [0, 0.1) is 0 Å². The van der Waals surface area contributed by atoms with Crippen molar-refractivity contribution < 1.29 is 27.4 Å². The number of ether oxygens (including phenoxy) is 2. The monoisotopic (exact) mass is 514 g/mol. The second-order valence-electron chi connectivity index (χ2n) is 9.54. The van der Waals surface area contributed by atoms with Crippen LogP contribution in [-0.4, -0.2) is 60.5 Å². The average molecular weight is 515 g/mol. The lowest BCUT2D eigenvalue weighted by Gasteiger charge is -2.28. The quantitative estimate of drug-likeness (QED) is 0.463. The number of hydrogen-bond acceptors (Lipinski definition) is 5. The van der Waals surface area contributed by atoms with E-state index in [2.05, 4.69) is 15.3 Å². The summed E-state index contributed by atoms with van der Waals surface area (Å²) in [4.78, 5) is 15.5. The fraction of sp³-hybridized carbons (Fsp3) is 0.407. The van der Waals surface area contributed by atoms with Crippen LogP contribution in [0.3, 0.4) is 0 Å². The number of nitrogens with one attached hydrogen (secondary N) is 1. The van der Waals surface area contributed by atoms with Gasteiger partial charge in [-0.05, 0) is 73.2 Å². The van der Waals surface area contributed by atoms with Crippen LogP contribution in [0.1, 0.15) is 41.0 Å². The second-order valence-corrected chi connectivity index (χ2v) is 9.54. The van der Waals surface area contributed by atoms with E-state index < -0.39 is 17.8 Å². The topological polar surface area (TPSA) is 68.6 Å². The highest BCUT2D eigenvalue weighted by molar-refractivity contribution is 6.03. The minimum absolute atomic E-state index is 0.162. The summed E-state index contributed by atoms with van der Waals surface area (Å²) in [6.07, 6.45) is -1.36. The molecule has 1 aliphatic heterocycles. The first-order chi connectivity index (χ1) is 17.8. The molecule has 10 heteroatoms. The van der Waals surface area contributed by atoms with Gasteiger partial charge in [-0.15, -0.1) is 0 Å². The normalized spacial score (nSPS) is 17.4. The lowest BCUT2D eigenvalue weighted by atomic mass is 9.92. The molecule has 1 aromatic heterocycles. The van der Waals surface area contributed by atoms with E-state index in [9.17, 15) is 18.0 Å². The molecule has 5 rings (SSSR count). The van der Waals surface area contributed by atoms with E-state index in [0.29, 0.717) is 17.1 Å². The molecule has 2 aromatic carbocycles. The predicted octanol–water partition coefficient (Wildman–Crippen LogP) is 4.91. The molecule has 0 atom stereocenters. The van der Waals surface area contributed by atoms with Gasteiger partial charge >= 0.3 is 6.18 Å². The summed E-state index contributed by atoms with van der Waals surface area (Å²) in [7, 11) is 1.49. The Morgan fingerprint density at radius 1 is 1.08 bits per heavy atom. The fourth-order valence-electron chi connectivity index (χ4n) is 4.73. The predicted molar refractivity (Wildman–Crippen MR) is 132 cm³/mol. The van der Waals surface area contributed by atoms with Crippen LogP contribution in [-0.2, 0) is 16.3 Å². The smallest absolute Gasteiger partial charge is 0.435 e. The molecule has 0 spiro atoms. The summed E-state index contributed by atoms with van der Waals surface area (Å²) in [5.74, 6) is -0.142. The standard InChI is InChI=1S/C27H29F3N4O3/c1-36-22-8-6-21(7-9-22)34-23(18-24(32-34)27(28,29)30)25(35)31-20-4-2-19(3-5-20)26(10-11-26)12-13-33-14-16-37-17-15-33/h2-9,18H,10-17H2,1H3,(H,31,35). The molecular weight excluding hydrogens is 485 g/mol. The van der Waals surface area contributed by atoms with E-state index in [1.807, 2.05) is 12.1 Å². The molecule has 0 radical (unpaired) electrons. The maximum absolute atomic E-state index is 13.4. The Kier molecular flexibility index (Phi) is 6.96. The van der Waals surface area contributed by atoms with Gasteiger partial charge in [0.2, 0.25) is 0 Å². The van der Waals surface area contributed by atoms with Crippen LogP contribution in [0.4, 0.5) is 18.9 Å². The number of halogens is 3. The van der Waals surface area contributed by atoms with Crippen LogP contribution >= 0.6 is 0 Å². The molecule has 1 saturated heterocycles. The van der Waals surface area contributed by atoms with Gasteiger partial charge in [-0.25, -0.2) is 4.68 Å². The highest BCUT2D eigenvalue weighted by Crippen LogP contribution is 2.51. The molecule has 196 valence electrons. The third kappa shape index (κ3) is 5.65. The molecule has 7 nitrogen and oxygen atoms in total. The summed E-state index contributed by atoms with van der Waals surface area (Å²) in [5.41, 5.74) is 0.850. The number of morpholine rings is 1. The van der Waals surface area contributed by atoms with E-state index in [4.69, 9.17) is 9.47 Å². The van der Waals surface area contributed by atoms with E-state index in [1.165, 1.54) is 12.7 Å². The fourth-order valence-corrected chi connectivity index (χ4v) is 4.73. The van der Waals surface area contributed by atoms with Gasteiger partial charge in [-0.2, -0.15) is 18.3 Å². The first-order valence-corrected chi connectivity index (χ1v) is 12.3. The zero-order valence-electron chi connectivity index (χ0n) is 20.6. The molecule has 1 amide bonds. The van der Waals surface area contributed by atoms with Crippen molar-refractivity contribution in [1.29, 1.82) is 0 Å². The lowest BCUT2D eigenvalue weighted by molar-refractivity contribution is -0.141. The Morgan fingerprint density at radius 2 is 1.76 bits per heavy atom. The van der Waals surface area contributed by atoms with Crippen LogP contribution in [0.5, 0.6) is 5.75 Å². The number of rotatable bonds is 8. The maximum Gasteiger partial charge on any atom is 0.435 e. The Bertz CT molecular complexity index is 1230. The van der Waals surface area contributed by atoms with E-state index in [1.54, 1.807) is 36.4 Å². The van der Waals surface area contributed by atoms with Gasteiger partial charge in [0.25, 0.3) is 5.91 Å². The number of amides is 1. The van der Waals surface area contributed by atoms with Gasteiger partial charge in [-0.3, -0.25) is 9.69 Å². The Hall–Kier alpha value is -3.37. The second kappa shape index (κ2) is 10.2. The molecule has 1 N–H and O–H groups in total. The minimum Gasteiger partial charge on any atom is -0.497 e. The highest BCUT2D eigenvalue weighted by atomic mass is 19.4. The van der Waals surface area contributed by atoms with Crippen molar-refractivity contribution in [1.82, 2.24) is 14.7 Å². The summed E-state index contributed by atoms with van der Waals surface area (Å²) in [6, 6.07) is 14.7. The first-order valence-electron chi connectivity index (χ1n) is 12.3. The molecule has 0 unspecified atom stereocenters. The minimum atomic E-state index is -4.69. The van der Waals surface area contributed by atoms with Crippen molar-refractivity contribution in [2.24, 2.45) is 0 Å². The number of carbonyl (C=O) groups excluding carboxylic acids is 1. The number of carbonyl (C=O) groups is 1. The van der Waals surface area contributed by atoms with Crippen LogP contribution in [0.2, 0.25) is 0 Å². The van der Waals surface area contributed by atoms with Gasteiger partial charge in [0, 0.05) is 24.8 Å². The maximum atomic E-state index is 13.4. The van der Waals surface area contributed by atoms with Crippen molar-refractivity contribution in [3.8, 4) is 11.4 Å². The van der Waals surface area contributed by atoms with Gasteiger partial charge in [0.1, 0.15) is 11.4 Å². The largest absolute Gasteiger partial charge is 0.497 e. The molecule has 2 heterocycles. The SMILES string of the molecule is COc1ccc(-n2nc(C(F)(F)F)cc2C(=O)Nc2ccc(C3(CCN4CCOCC4)CC3)cc2)cc1. The van der Waals surface area contributed by atoms with E-state index in [0.717, 1.165) is 62.9 Å². The number of hydrogen-bond donors (Lipinski definition) is 1. The number of methoxy groups -OCH3 is 1.